The zero-order valence-corrected chi connectivity index (χ0v) is 19.6. The molecule has 3 aromatic heterocycles. The van der Waals surface area contributed by atoms with E-state index in [0.29, 0.717) is 5.52 Å². The Bertz CT molecular complexity index is 1520. The van der Waals surface area contributed by atoms with Gasteiger partial charge in [0.25, 0.3) is 10.2 Å². The second-order valence-electron chi connectivity index (χ2n) is 7.14. The maximum atomic E-state index is 12.6. The molecule has 0 bridgehead atoms. The van der Waals surface area contributed by atoms with Crippen LogP contribution < -0.4 is 9.86 Å². The summed E-state index contributed by atoms with van der Waals surface area (Å²) in [5.74, 6) is -0.335. The Labute approximate surface area is 187 Å². The van der Waals surface area contributed by atoms with E-state index < -0.39 is 25.3 Å². The van der Waals surface area contributed by atoms with Crippen LogP contribution in [0.25, 0.3) is 21.5 Å². The first-order chi connectivity index (χ1) is 14.9. The van der Waals surface area contributed by atoms with Crippen LogP contribution in [0.5, 0.6) is 0 Å². The third kappa shape index (κ3) is 4.71. The maximum absolute atomic E-state index is 12.6. The maximum Gasteiger partial charge on any atom is 0.274 e. The number of aromatic nitrogens is 5. The fourth-order valence-electron chi connectivity index (χ4n) is 3.17. The molecule has 0 radical (unpaired) electrons. The first kappa shape index (κ1) is 22.5. The predicted molar refractivity (Wildman–Crippen MR) is 117 cm³/mol. The van der Waals surface area contributed by atoms with Crippen LogP contribution in [-0.4, -0.2) is 48.1 Å². The highest BCUT2D eigenvalue weighted by Crippen LogP contribution is 2.36. The zero-order valence-electron chi connectivity index (χ0n) is 17.2. The molecule has 0 fully saturated rings. The lowest BCUT2D eigenvalue weighted by molar-refractivity contribution is 0.444. The van der Waals surface area contributed by atoms with Gasteiger partial charge in [0.05, 0.1) is 28.1 Å². The number of hydrogen-bond acceptors (Lipinski definition) is 10. The summed E-state index contributed by atoms with van der Waals surface area (Å²) in [5, 5.41) is 15.7. The summed E-state index contributed by atoms with van der Waals surface area (Å²) in [7, 11) is -5.86. The minimum Gasteiger partial charge on any atom is -0.422 e. The third-order valence-corrected chi connectivity index (χ3v) is 7.55. The summed E-state index contributed by atoms with van der Waals surface area (Å²) >= 11 is 1.20. The molecule has 0 amide bonds. The summed E-state index contributed by atoms with van der Waals surface area (Å²) in [6.07, 6.45) is 1.04. The second kappa shape index (κ2) is 8.00. The Morgan fingerprint density at radius 3 is 2.59 bits per heavy atom. The van der Waals surface area contributed by atoms with E-state index in [9.17, 15) is 16.8 Å². The Morgan fingerprint density at radius 2 is 1.97 bits per heavy atom. The number of thiazole rings is 1. The van der Waals surface area contributed by atoms with Crippen molar-refractivity contribution in [3.8, 4) is 11.3 Å². The highest BCUT2D eigenvalue weighted by Gasteiger charge is 2.34. The molecule has 1 atom stereocenters. The standard InChI is InChI=1S/C17H19N7O5S3/c1-9-6-12(24(2)23-9)10-4-5-11-13(7-10)30-17(20-11)15(31(3,25)26)16-22-21-14(29-16)8-19-32(18,27)28/h4-7,15,19H,8H2,1-3H3,(H2,18,27,28). The third-order valence-electron chi connectivity index (χ3n) is 4.49. The number of nitrogens with zero attached hydrogens (tertiary/aromatic N) is 5. The fourth-order valence-corrected chi connectivity index (χ4v) is 6.03. The van der Waals surface area contributed by atoms with E-state index >= 15 is 0 Å². The monoisotopic (exact) mass is 497 g/mol. The van der Waals surface area contributed by atoms with Crippen molar-refractivity contribution in [3.63, 3.8) is 0 Å². The van der Waals surface area contributed by atoms with Crippen LogP contribution in [0, 0.1) is 6.92 Å². The van der Waals surface area contributed by atoms with E-state index in [4.69, 9.17) is 9.56 Å². The number of rotatable bonds is 7. The minimum atomic E-state index is -3.97. The number of aryl methyl sites for hydroxylation is 2. The molecule has 15 heteroatoms. The Hall–Kier alpha value is -2.72. The van der Waals surface area contributed by atoms with Crippen molar-refractivity contribution in [2.24, 2.45) is 12.2 Å². The molecule has 0 aliphatic rings. The molecule has 0 saturated carbocycles. The SMILES string of the molecule is Cc1cc(-c2ccc3nc(C(c4nnc(CNS(N)(=O)=O)o4)S(C)(=O)=O)sc3c2)n(C)n1. The van der Waals surface area contributed by atoms with E-state index in [1.807, 2.05) is 43.0 Å². The molecular formula is C17H19N7O5S3. The summed E-state index contributed by atoms with van der Waals surface area (Å²) in [6, 6.07) is 7.57. The van der Waals surface area contributed by atoms with Crippen molar-refractivity contribution in [2.45, 2.75) is 18.7 Å². The second-order valence-corrected chi connectivity index (χ2v) is 11.7. The van der Waals surface area contributed by atoms with Gasteiger partial charge in [0.2, 0.25) is 11.8 Å². The van der Waals surface area contributed by atoms with E-state index in [1.54, 1.807) is 4.68 Å². The largest absolute Gasteiger partial charge is 0.422 e. The average Bonchev–Trinajstić information content (AvgIpc) is 3.36. The van der Waals surface area contributed by atoms with Crippen LogP contribution in [-0.2, 0) is 33.6 Å². The minimum absolute atomic E-state index is 0.127. The Kier molecular flexibility index (Phi) is 5.62. The first-order valence-electron chi connectivity index (χ1n) is 9.11. The molecule has 1 unspecified atom stereocenters. The molecule has 170 valence electrons. The number of benzene rings is 1. The summed E-state index contributed by atoms with van der Waals surface area (Å²) in [4.78, 5) is 4.47. The Balaban J connectivity index is 1.72. The molecule has 4 rings (SSSR count). The van der Waals surface area contributed by atoms with Gasteiger partial charge in [-0.1, -0.05) is 6.07 Å². The van der Waals surface area contributed by atoms with Gasteiger partial charge < -0.3 is 4.42 Å². The first-order valence-corrected chi connectivity index (χ1v) is 13.4. The molecule has 0 spiro atoms. The quantitative estimate of drug-likeness (QED) is 0.374. The van der Waals surface area contributed by atoms with Crippen LogP contribution in [0.1, 0.15) is 27.7 Å². The van der Waals surface area contributed by atoms with Gasteiger partial charge in [0.1, 0.15) is 5.01 Å². The normalized spacial score (nSPS) is 13.6. The molecule has 0 saturated heterocycles. The van der Waals surface area contributed by atoms with Gasteiger partial charge in [-0.3, -0.25) is 4.68 Å². The average molecular weight is 498 g/mol. The molecule has 3 N–H and O–H groups in total. The van der Waals surface area contributed by atoms with E-state index in [-0.39, 0.29) is 23.3 Å². The van der Waals surface area contributed by atoms with E-state index in [0.717, 1.165) is 27.9 Å². The van der Waals surface area contributed by atoms with Crippen molar-refractivity contribution in [1.82, 2.24) is 29.7 Å². The summed E-state index contributed by atoms with van der Waals surface area (Å²) < 4.78 is 57.2. The van der Waals surface area contributed by atoms with Gasteiger partial charge in [-0.25, -0.2) is 18.5 Å². The smallest absolute Gasteiger partial charge is 0.274 e. The van der Waals surface area contributed by atoms with Crippen molar-refractivity contribution >= 4 is 41.6 Å². The molecule has 3 heterocycles. The molecular weight excluding hydrogens is 478 g/mol. The number of nitrogens with one attached hydrogen (secondary N) is 1. The molecule has 4 aromatic rings. The zero-order chi connectivity index (χ0) is 23.3. The summed E-state index contributed by atoms with van der Waals surface area (Å²) in [6.45, 7) is 1.54. The fraction of sp³-hybridized carbons (Fsp3) is 0.294. The highest BCUT2D eigenvalue weighted by atomic mass is 32.2. The molecule has 12 nitrogen and oxygen atoms in total. The van der Waals surface area contributed by atoms with Gasteiger partial charge in [-0.2, -0.15) is 18.2 Å². The van der Waals surface area contributed by atoms with Gasteiger partial charge >= 0.3 is 0 Å². The van der Waals surface area contributed by atoms with E-state index in [1.165, 1.54) is 11.3 Å². The lowest BCUT2D eigenvalue weighted by atomic mass is 10.1. The molecule has 32 heavy (non-hydrogen) atoms. The lowest BCUT2D eigenvalue weighted by Gasteiger charge is -2.07. The van der Waals surface area contributed by atoms with Crippen LogP contribution in [0.2, 0.25) is 0 Å². The van der Waals surface area contributed by atoms with Crippen LogP contribution in [0.4, 0.5) is 0 Å². The van der Waals surface area contributed by atoms with Crippen molar-refractivity contribution < 1.29 is 21.3 Å². The van der Waals surface area contributed by atoms with Gasteiger partial charge in [0.15, 0.2) is 15.1 Å². The van der Waals surface area contributed by atoms with Crippen LogP contribution >= 0.6 is 11.3 Å². The number of fused-ring (bicyclic) bond motifs is 1. The molecule has 0 aliphatic carbocycles. The van der Waals surface area contributed by atoms with Gasteiger partial charge in [-0.15, -0.1) is 21.5 Å². The topological polar surface area (TPSA) is 176 Å². The highest BCUT2D eigenvalue weighted by molar-refractivity contribution is 7.91. The number of hydrogen-bond donors (Lipinski definition) is 2. The van der Waals surface area contributed by atoms with Crippen LogP contribution in [0.15, 0.2) is 28.7 Å². The predicted octanol–water partition coefficient (Wildman–Crippen LogP) is 0.815. The van der Waals surface area contributed by atoms with Gasteiger partial charge in [-0.05, 0) is 25.1 Å². The number of sulfone groups is 1. The van der Waals surface area contributed by atoms with Crippen molar-refractivity contribution in [1.29, 1.82) is 0 Å². The number of nitrogens with two attached hydrogens (primary N) is 1. The van der Waals surface area contributed by atoms with Crippen molar-refractivity contribution in [3.05, 3.63) is 46.7 Å². The van der Waals surface area contributed by atoms with Crippen molar-refractivity contribution in [2.75, 3.05) is 6.26 Å². The summed E-state index contributed by atoms with van der Waals surface area (Å²) in [5.41, 5.74) is 3.34. The molecule has 0 aliphatic heterocycles. The molecule has 1 aromatic carbocycles. The van der Waals surface area contributed by atoms with Gasteiger partial charge in [0, 0.05) is 18.9 Å². The van der Waals surface area contributed by atoms with Crippen LogP contribution in [0.3, 0.4) is 0 Å². The Morgan fingerprint density at radius 1 is 1.22 bits per heavy atom. The van der Waals surface area contributed by atoms with E-state index in [2.05, 4.69) is 20.3 Å². The lowest BCUT2D eigenvalue weighted by Crippen LogP contribution is -2.30.